The first kappa shape index (κ1) is 8.82. The molecule has 0 radical (unpaired) electrons. The van der Waals surface area contributed by atoms with Gasteiger partial charge in [-0.05, 0) is 56.9 Å². The molecule has 2 nitrogen and oxygen atoms in total. The van der Waals surface area contributed by atoms with Gasteiger partial charge >= 0.3 is 0 Å². The molecule has 0 atom stereocenters. The predicted octanol–water partition coefficient (Wildman–Crippen LogP) is 2.13. The van der Waals surface area contributed by atoms with E-state index in [1.165, 1.54) is 37.1 Å². The molecule has 2 heterocycles. The number of aryl methyl sites for hydroxylation is 1. The van der Waals surface area contributed by atoms with Crippen LogP contribution in [0.1, 0.15) is 29.9 Å². The zero-order valence-electron chi connectivity index (χ0n) is 8.51. The molecule has 1 N–H and O–H groups in total. The molecule has 13 heavy (non-hydrogen) atoms. The van der Waals surface area contributed by atoms with Crippen molar-refractivity contribution in [2.45, 2.75) is 25.7 Å². The van der Waals surface area contributed by atoms with Crippen LogP contribution in [0.25, 0.3) is 0 Å². The van der Waals surface area contributed by atoms with Crippen LogP contribution in [0, 0.1) is 6.92 Å². The molecule has 1 aromatic heterocycles. The average molecular weight is 178 g/mol. The summed E-state index contributed by atoms with van der Waals surface area (Å²) in [5, 5.41) is 0. The van der Waals surface area contributed by atoms with Gasteiger partial charge < -0.3 is 9.88 Å². The number of aromatic amines is 1. The predicted molar refractivity (Wildman–Crippen MR) is 55.0 cm³/mol. The van der Waals surface area contributed by atoms with E-state index in [4.69, 9.17) is 0 Å². The summed E-state index contributed by atoms with van der Waals surface area (Å²) < 4.78 is 0. The molecule has 1 aliphatic heterocycles. The first-order valence-corrected chi connectivity index (χ1v) is 5.09. The number of likely N-dealkylation sites (tertiary alicyclic amines) is 1. The Bertz CT molecular complexity index is 269. The van der Waals surface area contributed by atoms with Crippen LogP contribution in [0.4, 0.5) is 0 Å². The number of rotatable bonds is 1. The lowest BCUT2D eigenvalue weighted by Crippen LogP contribution is -2.29. The van der Waals surface area contributed by atoms with E-state index in [2.05, 4.69) is 36.2 Å². The molecule has 1 aromatic rings. The van der Waals surface area contributed by atoms with E-state index < -0.39 is 0 Å². The molecule has 0 amide bonds. The van der Waals surface area contributed by atoms with Crippen LogP contribution < -0.4 is 0 Å². The normalized spacial score (nSPS) is 20.8. The first-order chi connectivity index (χ1) is 6.27. The summed E-state index contributed by atoms with van der Waals surface area (Å²) in [4.78, 5) is 5.61. The third-order valence-electron chi connectivity index (χ3n) is 3.15. The Hall–Kier alpha value is -0.760. The van der Waals surface area contributed by atoms with E-state index in [-0.39, 0.29) is 0 Å². The van der Waals surface area contributed by atoms with Crippen molar-refractivity contribution in [3.63, 3.8) is 0 Å². The van der Waals surface area contributed by atoms with Crippen molar-refractivity contribution in [3.05, 3.63) is 23.5 Å². The second-order valence-corrected chi connectivity index (χ2v) is 4.17. The maximum atomic E-state index is 3.19. The molecule has 1 aliphatic rings. The van der Waals surface area contributed by atoms with Gasteiger partial charge in [-0.2, -0.15) is 0 Å². The Balaban J connectivity index is 2.06. The molecule has 0 aliphatic carbocycles. The van der Waals surface area contributed by atoms with Crippen LogP contribution in [0.5, 0.6) is 0 Å². The van der Waals surface area contributed by atoms with E-state index in [0.717, 1.165) is 5.92 Å². The summed E-state index contributed by atoms with van der Waals surface area (Å²) in [6.07, 6.45) is 6.91. The van der Waals surface area contributed by atoms with Gasteiger partial charge in [0.1, 0.15) is 0 Å². The number of nitrogens with zero attached hydrogens (tertiary/aromatic N) is 1. The Labute approximate surface area is 79.9 Å². The molecular weight excluding hydrogens is 160 g/mol. The van der Waals surface area contributed by atoms with Crippen molar-refractivity contribution in [1.82, 2.24) is 9.88 Å². The Morgan fingerprint density at radius 2 is 2.00 bits per heavy atom. The van der Waals surface area contributed by atoms with Crippen molar-refractivity contribution in [2.75, 3.05) is 20.1 Å². The van der Waals surface area contributed by atoms with Crippen molar-refractivity contribution in [2.24, 2.45) is 0 Å². The van der Waals surface area contributed by atoms with Crippen LogP contribution in [-0.2, 0) is 0 Å². The molecule has 0 bridgehead atoms. The minimum Gasteiger partial charge on any atom is -0.367 e. The van der Waals surface area contributed by atoms with Gasteiger partial charge in [0.25, 0.3) is 0 Å². The van der Waals surface area contributed by atoms with Gasteiger partial charge in [0.15, 0.2) is 0 Å². The zero-order valence-corrected chi connectivity index (χ0v) is 8.51. The van der Waals surface area contributed by atoms with Crippen LogP contribution in [0.15, 0.2) is 12.4 Å². The third kappa shape index (κ3) is 1.78. The van der Waals surface area contributed by atoms with Crippen molar-refractivity contribution < 1.29 is 0 Å². The summed E-state index contributed by atoms with van der Waals surface area (Å²) in [6.45, 7) is 4.69. The molecule has 0 unspecified atom stereocenters. The third-order valence-corrected chi connectivity index (χ3v) is 3.15. The number of hydrogen-bond acceptors (Lipinski definition) is 1. The summed E-state index contributed by atoms with van der Waals surface area (Å²) in [5.41, 5.74) is 2.96. The molecule has 0 aromatic carbocycles. The van der Waals surface area contributed by atoms with E-state index in [1.807, 2.05) is 0 Å². The Morgan fingerprint density at radius 3 is 2.54 bits per heavy atom. The molecule has 0 saturated carbocycles. The minimum absolute atomic E-state index is 0.794. The fraction of sp³-hybridized carbons (Fsp3) is 0.636. The van der Waals surface area contributed by atoms with Gasteiger partial charge in [-0.15, -0.1) is 0 Å². The van der Waals surface area contributed by atoms with Gasteiger partial charge in [-0.1, -0.05) is 0 Å². The number of H-pyrrole nitrogens is 1. The number of aromatic nitrogens is 1. The van der Waals surface area contributed by atoms with Crippen LogP contribution in [-0.4, -0.2) is 30.0 Å². The van der Waals surface area contributed by atoms with Gasteiger partial charge in [0, 0.05) is 12.4 Å². The molecule has 2 heteroatoms. The highest BCUT2D eigenvalue weighted by Crippen LogP contribution is 2.29. The van der Waals surface area contributed by atoms with E-state index in [0.29, 0.717) is 0 Å². The lowest BCUT2D eigenvalue weighted by Gasteiger charge is -2.28. The van der Waals surface area contributed by atoms with Crippen LogP contribution in [0.2, 0.25) is 0 Å². The van der Waals surface area contributed by atoms with Crippen molar-refractivity contribution in [3.8, 4) is 0 Å². The highest BCUT2D eigenvalue weighted by molar-refractivity contribution is 5.26. The summed E-state index contributed by atoms with van der Waals surface area (Å²) in [6, 6.07) is 0. The second-order valence-electron chi connectivity index (χ2n) is 4.17. The highest BCUT2D eigenvalue weighted by Gasteiger charge is 2.19. The van der Waals surface area contributed by atoms with E-state index in [9.17, 15) is 0 Å². The molecular formula is C11H18N2. The smallest absolute Gasteiger partial charge is 0.00429 e. The van der Waals surface area contributed by atoms with Gasteiger partial charge in [-0.3, -0.25) is 0 Å². The monoisotopic (exact) mass is 178 g/mol. The molecule has 1 saturated heterocycles. The minimum atomic E-state index is 0.794. The van der Waals surface area contributed by atoms with Gasteiger partial charge in [-0.25, -0.2) is 0 Å². The fourth-order valence-electron chi connectivity index (χ4n) is 2.21. The highest BCUT2D eigenvalue weighted by atomic mass is 15.1. The SMILES string of the molecule is Cc1c[nH]cc1C1CCN(C)CC1. The average Bonchev–Trinajstić information content (AvgIpc) is 2.53. The number of hydrogen-bond donors (Lipinski definition) is 1. The molecule has 1 fully saturated rings. The van der Waals surface area contributed by atoms with Gasteiger partial charge in [0.2, 0.25) is 0 Å². The van der Waals surface area contributed by atoms with E-state index in [1.54, 1.807) is 0 Å². The van der Waals surface area contributed by atoms with Crippen molar-refractivity contribution >= 4 is 0 Å². The Morgan fingerprint density at radius 1 is 1.31 bits per heavy atom. The van der Waals surface area contributed by atoms with E-state index >= 15 is 0 Å². The topological polar surface area (TPSA) is 19.0 Å². The fourth-order valence-corrected chi connectivity index (χ4v) is 2.21. The van der Waals surface area contributed by atoms with Gasteiger partial charge in [0.05, 0.1) is 0 Å². The summed E-state index contributed by atoms with van der Waals surface area (Å²) in [7, 11) is 2.21. The molecule has 2 rings (SSSR count). The maximum absolute atomic E-state index is 3.19. The molecule has 0 spiro atoms. The summed E-state index contributed by atoms with van der Waals surface area (Å²) >= 11 is 0. The summed E-state index contributed by atoms with van der Waals surface area (Å²) in [5.74, 6) is 0.794. The molecule has 72 valence electrons. The number of piperidine rings is 1. The van der Waals surface area contributed by atoms with Crippen molar-refractivity contribution in [1.29, 1.82) is 0 Å². The van der Waals surface area contributed by atoms with Crippen LogP contribution in [0.3, 0.4) is 0 Å². The number of nitrogens with one attached hydrogen (secondary N) is 1. The Kier molecular flexibility index (Phi) is 2.40. The van der Waals surface area contributed by atoms with Crippen LogP contribution >= 0.6 is 0 Å². The lowest BCUT2D eigenvalue weighted by molar-refractivity contribution is 0.255. The quantitative estimate of drug-likeness (QED) is 0.698. The largest absolute Gasteiger partial charge is 0.367 e. The lowest BCUT2D eigenvalue weighted by atomic mass is 9.89. The first-order valence-electron chi connectivity index (χ1n) is 5.09. The maximum Gasteiger partial charge on any atom is 0.00429 e. The zero-order chi connectivity index (χ0) is 9.26. The standard InChI is InChI=1S/C11H18N2/c1-9-7-12-8-11(9)10-3-5-13(2)6-4-10/h7-8,10,12H,3-6H2,1-2H3. The second kappa shape index (κ2) is 3.54.